The molecule has 3 aromatic rings. The summed E-state index contributed by atoms with van der Waals surface area (Å²) in [4.78, 5) is 24.6. The Morgan fingerprint density at radius 3 is 2.33 bits per heavy atom. The molecule has 2 N–H and O–H groups in total. The van der Waals surface area contributed by atoms with E-state index in [4.69, 9.17) is 4.74 Å². The van der Waals surface area contributed by atoms with Gasteiger partial charge in [0.1, 0.15) is 12.6 Å². The van der Waals surface area contributed by atoms with E-state index in [1.807, 2.05) is 30.3 Å². The minimum atomic E-state index is -4.24. The first-order valence-corrected chi connectivity index (χ1v) is 13.1. The number of rotatable bonds is 8. The molecule has 1 aliphatic heterocycles. The summed E-state index contributed by atoms with van der Waals surface area (Å²) in [5, 5.41) is 12.5. The van der Waals surface area contributed by atoms with Crippen LogP contribution in [0.15, 0.2) is 77.7 Å². The zero-order valence-electron chi connectivity index (χ0n) is 20.0. The summed E-state index contributed by atoms with van der Waals surface area (Å²) in [5.74, 6) is -0.867. The first-order chi connectivity index (χ1) is 17.2. The zero-order chi connectivity index (χ0) is 25.9. The van der Waals surface area contributed by atoms with E-state index >= 15 is 0 Å². The average Bonchev–Trinajstić information content (AvgIpc) is 3.25. The molecule has 0 saturated carbocycles. The fourth-order valence-electron chi connectivity index (χ4n) is 4.29. The minimum absolute atomic E-state index is 0.0180. The van der Waals surface area contributed by atoms with Crippen LogP contribution in [0.3, 0.4) is 0 Å². The maximum Gasteiger partial charge on any atom is 0.412 e. The number of nitrogens with one attached hydrogen (secondary N) is 1. The summed E-state index contributed by atoms with van der Waals surface area (Å²) in [5.41, 5.74) is 2.58. The fourth-order valence-corrected chi connectivity index (χ4v) is 5.95. The predicted octanol–water partition coefficient (Wildman–Crippen LogP) is 4.84. The maximum atomic E-state index is 13.7. The van der Waals surface area contributed by atoms with Crippen LogP contribution in [0.4, 0.5) is 16.2 Å². The molecule has 0 radical (unpaired) electrons. The van der Waals surface area contributed by atoms with Crippen LogP contribution in [0.5, 0.6) is 0 Å². The van der Waals surface area contributed by atoms with Gasteiger partial charge in [0, 0.05) is 6.42 Å². The molecule has 1 aliphatic rings. The first-order valence-electron chi connectivity index (χ1n) is 11.6. The van der Waals surface area contributed by atoms with E-state index in [-0.39, 0.29) is 29.3 Å². The summed E-state index contributed by atoms with van der Waals surface area (Å²) in [6.45, 7) is 4.18. The summed E-state index contributed by atoms with van der Waals surface area (Å²) in [6.07, 6.45) is -0.00494. The van der Waals surface area contributed by atoms with Crippen molar-refractivity contribution in [3.05, 3.63) is 89.5 Å². The highest BCUT2D eigenvalue weighted by molar-refractivity contribution is 7.93. The molecule has 0 bridgehead atoms. The molecular formula is C27H28N2O6S. The van der Waals surface area contributed by atoms with Crippen LogP contribution >= 0.6 is 0 Å². The van der Waals surface area contributed by atoms with E-state index < -0.39 is 28.1 Å². The number of anilines is 2. The van der Waals surface area contributed by atoms with E-state index in [0.29, 0.717) is 11.5 Å². The number of para-hydroxylation sites is 1. The number of amides is 1. The minimum Gasteiger partial charge on any atom is -0.480 e. The van der Waals surface area contributed by atoms with E-state index in [9.17, 15) is 23.1 Å². The van der Waals surface area contributed by atoms with Gasteiger partial charge in [-0.05, 0) is 47.2 Å². The molecule has 188 valence electrons. The Labute approximate surface area is 210 Å². The molecular weight excluding hydrogens is 480 g/mol. The van der Waals surface area contributed by atoms with Crippen molar-refractivity contribution in [3.8, 4) is 0 Å². The zero-order valence-corrected chi connectivity index (χ0v) is 20.9. The standard InChI is InChI=1S/C27H28N2O6S/c1-18(2)15-19-11-13-22(14-12-19)36(33,34)29-24(26(30)31)16-21-9-6-10-23(25(21)29)28-27(32)35-17-20-7-4-3-5-8-20/h3-14,18,24H,15-17H2,1-2H3,(H,28,32)(H,30,31). The Bertz CT molecular complexity index is 1350. The Kier molecular flexibility index (Phi) is 7.30. The number of hydrogen-bond acceptors (Lipinski definition) is 5. The van der Waals surface area contributed by atoms with Crippen LogP contribution in [-0.4, -0.2) is 31.6 Å². The van der Waals surface area contributed by atoms with Gasteiger partial charge in [0.2, 0.25) is 0 Å². The molecule has 0 saturated heterocycles. The molecule has 1 atom stereocenters. The number of fused-ring (bicyclic) bond motifs is 1. The van der Waals surface area contributed by atoms with Gasteiger partial charge in [0.25, 0.3) is 10.0 Å². The van der Waals surface area contributed by atoms with Gasteiger partial charge in [-0.3, -0.25) is 5.32 Å². The molecule has 0 fully saturated rings. The number of carboxylic acids is 1. The van der Waals surface area contributed by atoms with Crippen LogP contribution in [0.2, 0.25) is 0 Å². The van der Waals surface area contributed by atoms with E-state index in [1.165, 1.54) is 18.2 Å². The molecule has 0 aliphatic carbocycles. The van der Waals surface area contributed by atoms with Crippen molar-refractivity contribution in [2.45, 2.75) is 44.2 Å². The van der Waals surface area contributed by atoms with Crippen LogP contribution in [-0.2, 0) is 39.0 Å². The lowest BCUT2D eigenvalue weighted by atomic mass is 10.0. The topological polar surface area (TPSA) is 113 Å². The van der Waals surface area contributed by atoms with Gasteiger partial charge in [0.05, 0.1) is 16.3 Å². The summed E-state index contributed by atoms with van der Waals surface area (Å²) >= 11 is 0. The van der Waals surface area contributed by atoms with Crippen molar-refractivity contribution in [2.24, 2.45) is 5.92 Å². The van der Waals surface area contributed by atoms with Crippen LogP contribution < -0.4 is 9.62 Å². The Balaban J connectivity index is 1.64. The predicted molar refractivity (Wildman–Crippen MR) is 136 cm³/mol. The number of ether oxygens (including phenoxy) is 1. The SMILES string of the molecule is CC(C)Cc1ccc(S(=O)(=O)N2c3c(cccc3NC(=O)OCc3ccccc3)CC2C(=O)O)cc1. The van der Waals surface area contributed by atoms with Crippen molar-refractivity contribution < 1.29 is 27.9 Å². The van der Waals surface area contributed by atoms with Gasteiger partial charge in [-0.1, -0.05) is 68.4 Å². The second kappa shape index (κ2) is 10.4. The second-order valence-corrected chi connectivity index (χ2v) is 10.9. The van der Waals surface area contributed by atoms with Gasteiger partial charge in [-0.2, -0.15) is 0 Å². The Morgan fingerprint density at radius 1 is 1.00 bits per heavy atom. The highest BCUT2D eigenvalue weighted by Crippen LogP contribution is 2.42. The van der Waals surface area contributed by atoms with Gasteiger partial charge in [-0.15, -0.1) is 0 Å². The number of benzene rings is 3. The highest BCUT2D eigenvalue weighted by atomic mass is 32.2. The van der Waals surface area contributed by atoms with Gasteiger partial charge in [0.15, 0.2) is 0 Å². The molecule has 1 amide bonds. The average molecular weight is 509 g/mol. The largest absolute Gasteiger partial charge is 0.480 e. The Morgan fingerprint density at radius 2 is 1.69 bits per heavy atom. The molecule has 4 rings (SSSR count). The fraction of sp³-hybridized carbons (Fsp3) is 0.259. The number of nitrogens with zero attached hydrogens (tertiary/aromatic N) is 1. The third kappa shape index (κ3) is 5.36. The first kappa shape index (κ1) is 25.2. The lowest BCUT2D eigenvalue weighted by Crippen LogP contribution is -2.43. The molecule has 9 heteroatoms. The van der Waals surface area contributed by atoms with Crippen molar-refractivity contribution in [2.75, 3.05) is 9.62 Å². The number of carbonyl (C=O) groups excluding carboxylic acids is 1. The molecule has 0 spiro atoms. The third-order valence-corrected chi connectivity index (χ3v) is 7.72. The normalized spacial score (nSPS) is 15.0. The van der Waals surface area contributed by atoms with Gasteiger partial charge < -0.3 is 9.84 Å². The number of carbonyl (C=O) groups is 2. The maximum absolute atomic E-state index is 13.7. The molecule has 36 heavy (non-hydrogen) atoms. The van der Waals surface area contributed by atoms with Crippen molar-refractivity contribution in [3.63, 3.8) is 0 Å². The van der Waals surface area contributed by atoms with Crippen LogP contribution in [0.25, 0.3) is 0 Å². The number of sulfonamides is 1. The summed E-state index contributed by atoms with van der Waals surface area (Å²) in [7, 11) is -4.24. The van der Waals surface area contributed by atoms with Crippen molar-refractivity contribution in [1.29, 1.82) is 0 Å². The van der Waals surface area contributed by atoms with Crippen molar-refractivity contribution in [1.82, 2.24) is 0 Å². The third-order valence-electron chi connectivity index (χ3n) is 5.89. The molecule has 0 aromatic heterocycles. The van der Waals surface area contributed by atoms with Gasteiger partial charge in [-0.25, -0.2) is 22.3 Å². The second-order valence-electron chi connectivity index (χ2n) is 9.10. The number of carboxylic acid groups (broad SMARTS) is 1. The van der Waals surface area contributed by atoms with Gasteiger partial charge >= 0.3 is 12.1 Å². The highest BCUT2D eigenvalue weighted by Gasteiger charge is 2.44. The van der Waals surface area contributed by atoms with Crippen LogP contribution in [0, 0.1) is 5.92 Å². The molecule has 1 unspecified atom stereocenters. The van der Waals surface area contributed by atoms with Crippen molar-refractivity contribution >= 4 is 33.5 Å². The lowest BCUT2D eigenvalue weighted by Gasteiger charge is -2.26. The van der Waals surface area contributed by atoms with E-state index in [1.54, 1.807) is 24.3 Å². The molecule has 8 nitrogen and oxygen atoms in total. The molecule has 1 heterocycles. The monoisotopic (exact) mass is 508 g/mol. The summed E-state index contributed by atoms with van der Waals surface area (Å²) < 4.78 is 33.6. The lowest BCUT2D eigenvalue weighted by molar-refractivity contribution is -0.138. The Hall–Kier alpha value is -3.85. The summed E-state index contributed by atoms with van der Waals surface area (Å²) in [6, 6.07) is 19.1. The smallest absolute Gasteiger partial charge is 0.412 e. The number of aliphatic carboxylic acids is 1. The molecule has 3 aromatic carbocycles. The number of hydrogen-bond donors (Lipinski definition) is 2. The van der Waals surface area contributed by atoms with E-state index in [0.717, 1.165) is 21.9 Å². The van der Waals surface area contributed by atoms with Crippen LogP contribution in [0.1, 0.15) is 30.5 Å². The van der Waals surface area contributed by atoms with E-state index in [2.05, 4.69) is 19.2 Å². The quantitative estimate of drug-likeness (QED) is 0.450.